The number of rotatable bonds is 9. The molecule has 0 saturated heterocycles. The van der Waals surface area contributed by atoms with Crippen molar-refractivity contribution in [2.75, 3.05) is 13.1 Å². The number of benzene rings is 1. The van der Waals surface area contributed by atoms with Crippen LogP contribution in [0.15, 0.2) is 23.1 Å². The van der Waals surface area contributed by atoms with E-state index in [9.17, 15) is 13.2 Å². The molecule has 1 amide bonds. The third-order valence-corrected chi connectivity index (χ3v) is 6.85. The van der Waals surface area contributed by atoms with Gasteiger partial charge in [-0.05, 0) is 74.5 Å². The van der Waals surface area contributed by atoms with Gasteiger partial charge in [-0.15, -0.1) is 0 Å². The van der Waals surface area contributed by atoms with Crippen molar-refractivity contribution < 1.29 is 13.2 Å². The van der Waals surface area contributed by atoms with Gasteiger partial charge in [0.15, 0.2) is 0 Å². The van der Waals surface area contributed by atoms with Gasteiger partial charge in [0, 0.05) is 19.5 Å². The Kier molecular flexibility index (Phi) is 5.49. The minimum atomic E-state index is -3.54. The third kappa shape index (κ3) is 5.05. The molecule has 2 fully saturated rings. The highest BCUT2D eigenvalue weighted by molar-refractivity contribution is 7.89. The fourth-order valence-corrected chi connectivity index (χ4v) is 4.87. The molecule has 3 rings (SSSR count). The number of carbonyl (C=O) groups is 1. The minimum absolute atomic E-state index is 0.0507. The fraction of sp³-hybridized carbons (Fsp3) is 0.632. The van der Waals surface area contributed by atoms with Crippen LogP contribution in [0.1, 0.15) is 43.2 Å². The van der Waals surface area contributed by atoms with Gasteiger partial charge < -0.3 is 5.32 Å². The average molecular weight is 365 g/mol. The first-order valence-electron chi connectivity index (χ1n) is 9.20. The molecule has 0 heterocycles. The molecule has 6 heteroatoms. The van der Waals surface area contributed by atoms with Crippen LogP contribution in [0.4, 0.5) is 0 Å². The highest BCUT2D eigenvalue weighted by Gasteiger charge is 2.42. The SMILES string of the molecule is Cc1ccc(C)c(S(=O)(=O)NCCNC(=O)CC(C2CC2)C2CC2)c1. The highest BCUT2D eigenvalue weighted by atomic mass is 32.2. The van der Waals surface area contributed by atoms with Gasteiger partial charge in [-0.2, -0.15) is 0 Å². The molecule has 25 heavy (non-hydrogen) atoms. The maximum absolute atomic E-state index is 12.4. The first-order valence-corrected chi connectivity index (χ1v) is 10.7. The number of amides is 1. The fourth-order valence-electron chi connectivity index (χ4n) is 3.52. The lowest BCUT2D eigenvalue weighted by Gasteiger charge is -2.15. The molecule has 2 N–H and O–H groups in total. The van der Waals surface area contributed by atoms with E-state index in [1.807, 2.05) is 19.1 Å². The van der Waals surface area contributed by atoms with E-state index in [2.05, 4.69) is 10.0 Å². The molecule has 138 valence electrons. The Morgan fingerprint density at radius 3 is 2.36 bits per heavy atom. The molecule has 0 aromatic heterocycles. The van der Waals surface area contributed by atoms with Crippen LogP contribution in [0.25, 0.3) is 0 Å². The van der Waals surface area contributed by atoms with Crippen LogP contribution in [0.3, 0.4) is 0 Å². The second-order valence-electron chi connectivity index (χ2n) is 7.56. The lowest BCUT2D eigenvalue weighted by Crippen LogP contribution is -2.35. The van der Waals surface area contributed by atoms with Crippen molar-refractivity contribution in [1.82, 2.24) is 10.0 Å². The Balaban J connectivity index is 1.44. The van der Waals surface area contributed by atoms with E-state index in [1.165, 1.54) is 25.7 Å². The van der Waals surface area contributed by atoms with Crippen LogP contribution < -0.4 is 10.0 Å². The molecule has 0 bridgehead atoms. The van der Waals surface area contributed by atoms with Gasteiger partial charge in [-0.3, -0.25) is 4.79 Å². The summed E-state index contributed by atoms with van der Waals surface area (Å²) >= 11 is 0. The summed E-state index contributed by atoms with van der Waals surface area (Å²) in [6.45, 7) is 4.18. The number of carbonyl (C=O) groups excluding carboxylic acids is 1. The Bertz CT molecular complexity index is 725. The molecule has 1 aromatic carbocycles. The van der Waals surface area contributed by atoms with E-state index < -0.39 is 10.0 Å². The van der Waals surface area contributed by atoms with E-state index in [1.54, 1.807) is 13.0 Å². The largest absolute Gasteiger partial charge is 0.355 e. The van der Waals surface area contributed by atoms with E-state index in [4.69, 9.17) is 0 Å². The number of hydrogen-bond donors (Lipinski definition) is 2. The van der Waals surface area contributed by atoms with Crippen LogP contribution in [0.5, 0.6) is 0 Å². The van der Waals surface area contributed by atoms with E-state index >= 15 is 0 Å². The van der Waals surface area contributed by atoms with Crippen molar-refractivity contribution in [3.05, 3.63) is 29.3 Å². The average Bonchev–Trinajstić information content (AvgIpc) is 3.45. The molecule has 0 radical (unpaired) electrons. The summed E-state index contributed by atoms with van der Waals surface area (Å²) in [6.07, 6.45) is 5.67. The Hall–Kier alpha value is -1.40. The molecule has 0 atom stereocenters. The zero-order valence-electron chi connectivity index (χ0n) is 15.0. The van der Waals surface area contributed by atoms with E-state index in [0.29, 0.717) is 23.8 Å². The Morgan fingerprint density at radius 2 is 1.76 bits per heavy atom. The van der Waals surface area contributed by atoms with Crippen molar-refractivity contribution in [2.24, 2.45) is 17.8 Å². The van der Waals surface area contributed by atoms with Crippen molar-refractivity contribution in [3.8, 4) is 0 Å². The minimum Gasteiger partial charge on any atom is -0.355 e. The van der Waals surface area contributed by atoms with Gasteiger partial charge in [-0.1, -0.05) is 12.1 Å². The topological polar surface area (TPSA) is 75.3 Å². The summed E-state index contributed by atoms with van der Waals surface area (Å²) in [5.41, 5.74) is 1.63. The number of hydrogen-bond acceptors (Lipinski definition) is 3. The van der Waals surface area contributed by atoms with Gasteiger partial charge >= 0.3 is 0 Å². The molecule has 0 unspecified atom stereocenters. The monoisotopic (exact) mass is 364 g/mol. The molecule has 0 spiro atoms. The third-order valence-electron chi connectivity index (χ3n) is 5.25. The van der Waals surface area contributed by atoms with Gasteiger partial charge in [0.25, 0.3) is 0 Å². The summed E-state index contributed by atoms with van der Waals surface area (Å²) in [6, 6.07) is 5.37. The molecule has 2 aliphatic rings. The summed E-state index contributed by atoms with van der Waals surface area (Å²) in [4.78, 5) is 12.4. The van der Waals surface area contributed by atoms with Crippen molar-refractivity contribution in [3.63, 3.8) is 0 Å². The van der Waals surface area contributed by atoms with Gasteiger partial charge in [0.2, 0.25) is 15.9 Å². The molecule has 0 aliphatic heterocycles. The van der Waals surface area contributed by atoms with Gasteiger partial charge in [0.1, 0.15) is 0 Å². The first kappa shape index (κ1) is 18.4. The van der Waals surface area contributed by atoms with Crippen LogP contribution in [-0.4, -0.2) is 27.4 Å². The normalized spacial score (nSPS) is 17.7. The molecule has 2 aliphatic carbocycles. The van der Waals surface area contributed by atoms with Crippen molar-refractivity contribution >= 4 is 15.9 Å². The second-order valence-corrected chi connectivity index (χ2v) is 9.29. The molecule has 1 aromatic rings. The summed E-state index contributed by atoms with van der Waals surface area (Å²) in [5.74, 6) is 2.10. The lowest BCUT2D eigenvalue weighted by molar-refractivity contribution is -0.122. The molecule has 2 saturated carbocycles. The smallest absolute Gasteiger partial charge is 0.240 e. The molecule has 5 nitrogen and oxygen atoms in total. The van der Waals surface area contributed by atoms with Crippen LogP contribution >= 0.6 is 0 Å². The predicted octanol–water partition coefficient (Wildman–Crippen LogP) is 2.52. The van der Waals surface area contributed by atoms with Crippen molar-refractivity contribution in [1.29, 1.82) is 0 Å². The zero-order chi connectivity index (χ0) is 18.0. The standard InChI is InChI=1S/C19H28N2O3S/c1-13-3-4-14(2)18(11-13)25(23,24)21-10-9-20-19(22)12-17(15-5-6-15)16-7-8-16/h3-4,11,15-17,21H,5-10,12H2,1-2H3,(H,20,22). The molecular weight excluding hydrogens is 336 g/mol. The number of sulfonamides is 1. The van der Waals surface area contributed by atoms with E-state index in [0.717, 1.165) is 23.0 Å². The summed E-state index contributed by atoms with van der Waals surface area (Å²) in [5, 5.41) is 2.86. The summed E-state index contributed by atoms with van der Waals surface area (Å²) in [7, 11) is -3.54. The van der Waals surface area contributed by atoms with Gasteiger partial charge in [0.05, 0.1) is 4.90 Å². The second kappa shape index (κ2) is 7.46. The number of nitrogens with one attached hydrogen (secondary N) is 2. The maximum Gasteiger partial charge on any atom is 0.240 e. The number of aryl methyl sites for hydroxylation is 2. The quantitative estimate of drug-likeness (QED) is 0.661. The van der Waals surface area contributed by atoms with Crippen molar-refractivity contribution in [2.45, 2.75) is 50.8 Å². The first-order chi connectivity index (χ1) is 11.9. The van der Waals surface area contributed by atoms with E-state index in [-0.39, 0.29) is 12.5 Å². The van der Waals surface area contributed by atoms with Crippen LogP contribution in [-0.2, 0) is 14.8 Å². The Morgan fingerprint density at radius 1 is 1.12 bits per heavy atom. The maximum atomic E-state index is 12.4. The lowest BCUT2D eigenvalue weighted by atomic mass is 9.94. The zero-order valence-corrected chi connectivity index (χ0v) is 15.9. The predicted molar refractivity (Wildman–Crippen MR) is 97.7 cm³/mol. The highest BCUT2D eigenvalue weighted by Crippen LogP contribution is 2.50. The molecular formula is C19H28N2O3S. The van der Waals surface area contributed by atoms with Gasteiger partial charge in [-0.25, -0.2) is 13.1 Å². The Labute approximate surface area is 150 Å². The summed E-state index contributed by atoms with van der Waals surface area (Å²) < 4.78 is 27.4. The van der Waals surface area contributed by atoms with Crippen LogP contribution in [0.2, 0.25) is 0 Å². The van der Waals surface area contributed by atoms with Crippen LogP contribution in [0, 0.1) is 31.6 Å².